The maximum atomic E-state index is 12.2. The van der Waals surface area contributed by atoms with Crippen LogP contribution in [0.5, 0.6) is 0 Å². The first-order valence-electron chi connectivity index (χ1n) is 8.97. The van der Waals surface area contributed by atoms with Gasteiger partial charge >= 0.3 is 6.03 Å². The minimum Gasteiger partial charge on any atom is -0.370 e. The molecule has 23 heavy (non-hydrogen) atoms. The Balaban J connectivity index is 1.46. The number of nitrogens with one attached hydrogen (secondary N) is 2. The summed E-state index contributed by atoms with van der Waals surface area (Å²) in [6.07, 6.45) is 9.14. The number of fused-ring (bicyclic) bond motifs is 1. The lowest BCUT2D eigenvalue weighted by Crippen LogP contribution is -2.44. The molecule has 1 fully saturated rings. The van der Waals surface area contributed by atoms with Crippen LogP contribution in [0.1, 0.15) is 49.8 Å². The van der Waals surface area contributed by atoms with Gasteiger partial charge in [0, 0.05) is 38.3 Å². The molecule has 0 spiro atoms. The van der Waals surface area contributed by atoms with Gasteiger partial charge in [0.15, 0.2) is 0 Å². The van der Waals surface area contributed by atoms with E-state index < -0.39 is 0 Å². The number of anilines is 1. The zero-order chi connectivity index (χ0) is 16.1. The van der Waals surface area contributed by atoms with E-state index in [1.165, 1.54) is 31.2 Å². The fraction of sp³-hybridized carbons (Fsp3) is 0.667. The highest BCUT2D eigenvalue weighted by atomic mass is 16.2. The van der Waals surface area contributed by atoms with Crippen LogP contribution in [0.25, 0.3) is 0 Å². The molecule has 1 aromatic rings. The standard InChI is InChI=1S/C18H28N4O/c1-22(16-7-3-2-4-8-16)18(23)20-13-11-15-10-9-14-6-5-12-19-17(14)21-15/h9-10,16H,2-8,11-13H2,1H3,(H,19,21)(H,20,23). The predicted octanol–water partition coefficient (Wildman–Crippen LogP) is 2.96. The quantitative estimate of drug-likeness (QED) is 0.898. The van der Waals surface area contributed by atoms with Gasteiger partial charge in [0.2, 0.25) is 0 Å². The average Bonchev–Trinajstić information content (AvgIpc) is 2.61. The van der Waals surface area contributed by atoms with Crippen molar-refractivity contribution in [1.29, 1.82) is 0 Å². The minimum atomic E-state index is 0.0491. The fourth-order valence-electron chi connectivity index (χ4n) is 3.56. The second-order valence-electron chi connectivity index (χ2n) is 6.73. The third-order valence-corrected chi connectivity index (χ3v) is 5.05. The largest absolute Gasteiger partial charge is 0.370 e. The molecule has 2 N–H and O–H groups in total. The molecule has 1 saturated carbocycles. The number of amides is 2. The van der Waals surface area contributed by atoms with E-state index in [9.17, 15) is 4.79 Å². The first kappa shape index (κ1) is 16.1. The summed E-state index contributed by atoms with van der Waals surface area (Å²) in [6.45, 7) is 1.65. The number of pyridine rings is 1. The van der Waals surface area contributed by atoms with E-state index in [-0.39, 0.29) is 6.03 Å². The van der Waals surface area contributed by atoms with E-state index in [1.54, 1.807) is 0 Å². The van der Waals surface area contributed by atoms with Gasteiger partial charge in [-0.05, 0) is 37.3 Å². The van der Waals surface area contributed by atoms with Crippen LogP contribution in [0.15, 0.2) is 12.1 Å². The smallest absolute Gasteiger partial charge is 0.317 e. The predicted molar refractivity (Wildman–Crippen MR) is 92.8 cm³/mol. The Morgan fingerprint density at radius 3 is 2.96 bits per heavy atom. The maximum absolute atomic E-state index is 12.2. The van der Waals surface area contributed by atoms with Crippen LogP contribution in [-0.2, 0) is 12.8 Å². The van der Waals surface area contributed by atoms with Crippen LogP contribution in [0.4, 0.5) is 10.6 Å². The Morgan fingerprint density at radius 2 is 2.13 bits per heavy atom. The van der Waals surface area contributed by atoms with Gasteiger partial charge in [-0.1, -0.05) is 25.3 Å². The molecule has 0 bridgehead atoms. The maximum Gasteiger partial charge on any atom is 0.317 e. The number of aryl methyl sites for hydroxylation is 1. The summed E-state index contributed by atoms with van der Waals surface area (Å²) < 4.78 is 0. The average molecular weight is 316 g/mol. The molecule has 2 aliphatic rings. The lowest BCUT2D eigenvalue weighted by atomic mass is 9.95. The van der Waals surface area contributed by atoms with Crippen molar-refractivity contribution in [3.05, 3.63) is 23.4 Å². The summed E-state index contributed by atoms with van der Waals surface area (Å²) in [7, 11) is 1.92. The van der Waals surface area contributed by atoms with Crippen molar-refractivity contribution in [3.63, 3.8) is 0 Å². The molecule has 2 amide bonds. The molecule has 0 unspecified atom stereocenters. The Morgan fingerprint density at radius 1 is 1.30 bits per heavy atom. The van der Waals surface area contributed by atoms with Crippen molar-refractivity contribution in [3.8, 4) is 0 Å². The lowest BCUT2D eigenvalue weighted by molar-refractivity contribution is 0.174. The van der Waals surface area contributed by atoms with Gasteiger partial charge in [0.25, 0.3) is 0 Å². The number of hydrogen-bond acceptors (Lipinski definition) is 3. The van der Waals surface area contributed by atoms with Crippen LogP contribution in [0.2, 0.25) is 0 Å². The molecule has 126 valence electrons. The number of nitrogens with zero attached hydrogens (tertiary/aromatic N) is 2. The van der Waals surface area contributed by atoms with E-state index in [0.29, 0.717) is 12.6 Å². The highest BCUT2D eigenvalue weighted by molar-refractivity contribution is 5.74. The number of rotatable bonds is 4. The second-order valence-corrected chi connectivity index (χ2v) is 6.73. The van der Waals surface area contributed by atoms with Crippen molar-refractivity contribution in [2.75, 3.05) is 25.5 Å². The van der Waals surface area contributed by atoms with E-state index in [1.807, 2.05) is 11.9 Å². The number of aromatic nitrogens is 1. The Labute approximate surface area is 138 Å². The zero-order valence-electron chi connectivity index (χ0n) is 14.1. The van der Waals surface area contributed by atoms with E-state index in [0.717, 1.165) is 43.7 Å². The molecule has 0 aromatic carbocycles. The second kappa shape index (κ2) is 7.66. The molecule has 1 aliphatic heterocycles. The van der Waals surface area contributed by atoms with Crippen LogP contribution < -0.4 is 10.6 Å². The molecule has 5 heteroatoms. The molecular weight excluding hydrogens is 288 g/mol. The molecule has 1 aliphatic carbocycles. The Bertz CT molecular complexity index is 540. The third kappa shape index (κ3) is 4.15. The summed E-state index contributed by atoms with van der Waals surface area (Å²) in [5, 5.41) is 6.39. The summed E-state index contributed by atoms with van der Waals surface area (Å²) in [4.78, 5) is 18.8. The van der Waals surface area contributed by atoms with Gasteiger partial charge in [-0.3, -0.25) is 0 Å². The van der Waals surface area contributed by atoms with Gasteiger partial charge in [0.1, 0.15) is 5.82 Å². The summed E-state index contributed by atoms with van der Waals surface area (Å²) in [5.74, 6) is 1.03. The van der Waals surface area contributed by atoms with Crippen LogP contribution in [0.3, 0.4) is 0 Å². The molecule has 1 aromatic heterocycles. The van der Waals surface area contributed by atoms with E-state index in [4.69, 9.17) is 0 Å². The third-order valence-electron chi connectivity index (χ3n) is 5.05. The summed E-state index contributed by atoms with van der Waals surface area (Å²) in [5.41, 5.74) is 2.35. The fourth-order valence-corrected chi connectivity index (χ4v) is 3.56. The number of urea groups is 1. The first-order valence-corrected chi connectivity index (χ1v) is 8.97. The van der Waals surface area contributed by atoms with Crippen LogP contribution in [-0.4, -0.2) is 42.1 Å². The Hall–Kier alpha value is -1.78. The monoisotopic (exact) mass is 316 g/mol. The van der Waals surface area contributed by atoms with Crippen molar-refractivity contribution >= 4 is 11.8 Å². The number of hydrogen-bond donors (Lipinski definition) is 2. The lowest BCUT2D eigenvalue weighted by Gasteiger charge is -2.31. The molecule has 0 saturated heterocycles. The Kier molecular flexibility index (Phi) is 5.36. The summed E-state index contributed by atoms with van der Waals surface area (Å²) >= 11 is 0. The molecule has 0 radical (unpaired) electrons. The van der Waals surface area contributed by atoms with Crippen LogP contribution >= 0.6 is 0 Å². The van der Waals surface area contributed by atoms with Crippen molar-refractivity contribution < 1.29 is 4.79 Å². The molecule has 3 rings (SSSR count). The van der Waals surface area contributed by atoms with Crippen LogP contribution in [0, 0.1) is 0 Å². The first-order chi connectivity index (χ1) is 11.2. The zero-order valence-corrected chi connectivity index (χ0v) is 14.1. The van der Waals surface area contributed by atoms with Crippen molar-refractivity contribution in [1.82, 2.24) is 15.2 Å². The molecular formula is C18H28N4O. The molecule has 0 atom stereocenters. The van der Waals surface area contributed by atoms with Gasteiger partial charge in [-0.2, -0.15) is 0 Å². The number of carbonyl (C=O) groups excluding carboxylic acids is 1. The van der Waals surface area contributed by atoms with Gasteiger partial charge in [-0.25, -0.2) is 9.78 Å². The van der Waals surface area contributed by atoms with E-state index >= 15 is 0 Å². The van der Waals surface area contributed by atoms with Gasteiger partial charge in [0.05, 0.1) is 0 Å². The molecule has 5 nitrogen and oxygen atoms in total. The normalized spacial score (nSPS) is 18.0. The topological polar surface area (TPSA) is 57.3 Å². The number of carbonyl (C=O) groups is 1. The SMILES string of the molecule is CN(C(=O)NCCc1ccc2c(n1)NCCC2)C1CCCCC1. The highest BCUT2D eigenvalue weighted by Gasteiger charge is 2.21. The van der Waals surface area contributed by atoms with E-state index in [2.05, 4.69) is 27.8 Å². The summed E-state index contributed by atoms with van der Waals surface area (Å²) in [6, 6.07) is 4.71. The van der Waals surface area contributed by atoms with Gasteiger partial charge < -0.3 is 15.5 Å². The van der Waals surface area contributed by atoms with Crippen molar-refractivity contribution in [2.45, 2.75) is 57.4 Å². The van der Waals surface area contributed by atoms with Gasteiger partial charge in [-0.15, -0.1) is 0 Å². The highest BCUT2D eigenvalue weighted by Crippen LogP contribution is 2.22. The minimum absolute atomic E-state index is 0.0491. The van der Waals surface area contributed by atoms with Crippen molar-refractivity contribution in [2.24, 2.45) is 0 Å². The molecule has 2 heterocycles.